The first-order valence-corrected chi connectivity index (χ1v) is 17.1. The van der Waals surface area contributed by atoms with E-state index in [1.165, 1.54) is 71.3 Å². The average Bonchev–Trinajstić information content (AvgIpc) is 3.49. The summed E-state index contributed by atoms with van der Waals surface area (Å²) in [4.78, 5) is 2.43. The molecule has 0 bridgehead atoms. The summed E-state index contributed by atoms with van der Waals surface area (Å²) in [6, 6.07) is 62.4. The highest BCUT2D eigenvalue weighted by atomic mass is 15.1. The molecule has 0 atom stereocenters. The van der Waals surface area contributed by atoms with Gasteiger partial charge in [0.25, 0.3) is 0 Å². The Balaban J connectivity index is 1.20. The predicted molar refractivity (Wildman–Crippen MR) is 208 cm³/mol. The fourth-order valence-corrected chi connectivity index (χ4v) is 8.39. The molecule has 8 aromatic carbocycles. The van der Waals surface area contributed by atoms with Crippen LogP contribution in [0.25, 0.3) is 60.2 Å². The maximum absolute atomic E-state index is 2.49. The molecule has 0 saturated carbocycles. The molecule has 0 spiro atoms. The maximum Gasteiger partial charge on any atom is 0.0582 e. The summed E-state index contributed by atoms with van der Waals surface area (Å²) in [5.74, 6) is 0. The van der Waals surface area contributed by atoms with Crippen LogP contribution in [0.15, 0.2) is 170 Å². The number of nitrogens with zero attached hydrogens (tertiary/aromatic N) is 2. The third-order valence-corrected chi connectivity index (χ3v) is 10.8. The Morgan fingerprint density at radius 2 is 1.08 bits per heavy atom. The van der Waals surface area contributed by atoms with Gasteiger partial charge in [-0.1, -0.05) is 141 Å². The van der Waals surface area contributed by atoms with Crippen molar-refractivity contribution in [3.63, 3.8) is 0 Å². The lowest BCUT2D eigenvalue weighted by atomic mass is 9.75. The van der Waals surface area contributed by atoms with E-state index < -0.39 is 0 Å². The van der Waals surface area contributed by atoms with Crippen molar-refractivity contribution in [2.24, 2.45) is 0 Å². The van der Waals surface area contributed by atoms with Gasteiger partial charge in [0.2, 0.25) is 0 Å². The number of rotatable bonds is 4. The zero-order chi connectivity index (χ0) is 32.7. The van der Waals surface area contributed by atoms with Crippen molar-refractivity contribution in [1.82, 2.24) is 4.57 Å². The van der Waals surface area contributed by atoms with E-state index in [2.05, 4.69) is 193 Å². The summed E-state index contributed by atoms with van der Waals surface area (Å²) in [6.07, 6.45) is 0. The van der Waals surface area contributed by atoms with Crippen molar-refractivity contribution in [2.45, 2.75) is 19.3 Å². The number of hydrogen-bond donors (Lipinski definition) is 0. The highest BCUT2D eigenvalue weighted by Gasteiger charge is 2.34. The van der Waals surface area contributed by atoms with Crippen LogP contribution in [0, 0.1) is 0 Å². The van der Waals surface area contributed by atoms with Crippen LogP contribution in [0.4, 0.5) is 17.1 Å². The van der Waals surface area contributed by atoms with Gasteiger partial charge in [0, 0.05) is 32.9 Å². The molecular weight excluding hydrogens is 593 g/mol. The van der Waals surface area contributed by atoms with Gasteiger partial charge in [0.05, 0.1) is 22.4 Å². The van der Waals surface area contributed by atoms with E-state index >= 15 is 0 Å². The summed E-state index contributed by atoms with van der Waals surface area (Å²) in [6.45, 7) is 4.72. The molecule has 232 valence electrons. The van der Waals surface area contributed by atoms with E-state index in [9.17, 15) is 0 Å². The fraction of sp³-hybridized carbons (Fsp3) is 0.0638. The summed E-state index contributed by atoms with van der Waals surface area (Å²) >= 11 is 0. The number of hydrogen-bond acceptors (Lipinski definition) is 1. The van der Waals surface area contributed by atoms with Crippen molar-refractivity contribution in [3.05, 3.63) is 181 Å². The molecule has 49 heavy (non-hydrogen) atoms. The van der Waals surface area contributed by atoms with E-state index in [4.69, 9.17) is 0 Å². The van der Waals surface area contributed by atoms with Gasteiger partial charge in [0.1, 0.15) is 0 Å². The summed E-state index contributed by atoms with van der Waals surface area (Å²) in [5.41, 5.74) is 12.3. The Hall–Kier alpha value is -6.12. The number of fused-ring (bicyclic) bond motifs is 7. The van der Waals surface area contributed by atoms with E-state index in [1.54, 1.807) is 0 Å². The summed E-state index contributed by atoms with van der Waals surface area (Å²) < 4.78 is 2.49. The Morgan fingerprint density at radius 3 is 1.92 bits per heavy atom. The maximum atomic E-state index is 2.49. The average molecular weight is 627 g/mol. The summed E-state index contributed by atoms with van der Waals surface area (Å²) in [5, 5.41) is 7.53. The molecule has 0 fully saturated rings. The molecule has 0 radical (unpaired) electrons. The topological polar surface area (TPSA) is 8.17 Å². The SMILES string of the molecule is CC1(C)c2ccccc2-n2c3ccc(N(c4ccc(-c5cccc6ccccc56)cc4)c4cccc5ccccc45)cc3c3cccc1c32. The van der Waals surface area contributed by atoms with Crippen LogP contribution >= 0.6 is 0 Å². The van der Waals surface area contributed by atoms with Crippen molar-refractivity contribution in [1.29, 1.82) is 0 Å². The zero-order valence-corrected chi connectivity index (χ0v) is 27.6. The van der Waals surface area contributed by atoms with E-state index in [-0.39, 0.29) is 5.41 Å². The lowest BCUT2D eigenvalue weighted by Gasteiger charge is -2.34. The molecule has 2 heterocycles. The second-order valence-corrected chi connectivity index (χ2v) is 13.8. The van der Waals surface area contributed by atoms with Gasteiger partial charge in [-0.2, -0.15) is 0 Å². The minimum absolute atomic E-state index is 0.0931. The highest BCUT2D eigenvalue weighted by Crippen LogP contribution is 2.49. The monoisotopic (exact) mass is 626 g/mol. The minimum atomic E-state index is -0.0931. The Labute approximate surface area is 286 Å². The first-order valence-electron chi connectivity index (χ1n) is 17.1. The highest BCUT2D eigenvalue weighted by molar-refractivity contribution is 6.13. The van der Waals surface area contributed by atoms with Gasteiger partial charge < -0.3 is 9.47 Å². The van der Waals surface area contributed by atoms with E-state index in [0.717, 1.165) is 17.1 Å². The molecule has 1 aromatic heterocycles. The predicted octanol–water partition coefficient (Wildman–Crippen LogP) is 12.9. The Bertz CT molecular complexity index is 2740. The Morgan fingerprint density at radius 1 is 0.469 bits per heavy atom. The molecule has 9 aromatic rings. The van der Waals surface area contributed by atoms with Crippen molar-refractivity contribution in [2.75, 3.05) is 4.90 Å². The van der Waals surface area contributed by atoms with E-state index in [1.807, 2.05) is 0 Å². The molecular formula is C47H34N2. The second-order valence-electron chi connectivity index (χ2n) is 13.8. The molecule has 2 heteroatoms. The first kappa shape index (κ1) is 27.9. The van der Waals surface area contributed by atoms with Gasteiger partial charge in [-0.15, -0.1) is 0 Å². The van der Waals surface area contributed by atoms with Crippen LogP contribution in [0.3, 0.4) is 0 Å². The molecule has 10 rings (SSSR count). The number of anilines is 3. The third kappa shape index (κ3) is 4.07. The summed E-state index contributed by atoms with van der Waals surface area (Å²) in [7, 11) is 0. The largest absolute Gasteiger partial charge is 0.310 e. The smallest absolute Gasteiger partial charge is 0.0582 e. The quantitative estimate of drug-likeness (QED) is 0.189. The zero-order valence-electron chi connectivity index (χ0n) is 27.6. The molecule has 0 aliphatic carbocycles. The molecule has 0 saturated heterocycles. The van der Waals surface area contributed by atoms with Crippen LogP contribution in [-0.4, -0.2) is 4.57 Å². The number of aromatic nitrogens is 1. The normalized spacial score (nSPS) is 13.3. The van der Waals surface area contributed by atoms with Gasteiger partial charge >= 0.3 is 0 Å². The van der Waals surface area contributed by atoms with Crippen LogP contribution in [-0.2, 0) is 5.41 Å². The standard InChI is InChI=1S/C47H34N2/c1-47(2)41-20-7-8-22-45(41)49-44-29-28-35(30-40(44)39-19-11-21-42(47)46(39)49)48(43-23-10-15-32-13-4-6-17-38(32)43)34-26-24-33(25-27-34)37-18-9-14-31-12-3-5-16-36(31)37/h3-30H,1-2H3. The number of benzene rings is 8. The van der Waals surface area contributed by atoms with Crippen LogP contribution in [0.2, 0.25) is 0 Å². The second kappa shape index (κ2) is 10.4. The molecule has 1 aliphatic heterocycles. The van der Waals surface area contributed by atoms with Crippen LogP contribution in [0.5, 0.6) is 0 Å². The van der Waals surface area contributed by atoms with Crippen molar-refractivity contribution >= 4 is 60.4 Å². The minimum Gasteiger partial charge on any atom is -0.310 e. The molecule has 1 aliphatic rings. The lowest BCUT2D eigenvalue weighted by molar-refractivity contribution is 0.630. The lowest BCUT2D eigenvalue weighted by Crippen LogP contribution is -2.26. The van der Waals surface area contributed by atoms with Gasteiger partial charge in [0.15, 0.2) is 0 Å². The molecule has 2 nitrogen and oxygen atoms in total. The Kier molecular flexibility index (Phi) is 5.95. The first-order chi connectivity index (χ1) is 24.1. The van der Waals surface area contributed by atoms with E-state index in [0.29, 0.717) is 0 Å². The van der Waals surface area contributed by atoms with Gasteiger partial charge in [-0.05, 0) is 80.9 Å². The van der Waals surface area contributed by atoms with Crippen LogP contribution < -0.4 is 4.90 Å². The van der Waals surface area contributed by atoms with Gasteiger partial charge in [-0.25, -0.2) is 0 Å². The number of para-hydroxylation sites is 2. The molecule has 0 amide bonds. The van der Waals surface area contributed by atoms with Crippen molar-refractivity contribution in [3.8, 4) is 16.8 Å². The molecule has 0 unspecified atom stereocenters. The third-order valence-electron chi connectivity index (χ3n) is 10.8. The molecule has 0 N–H and O–H groups in total. The van der Waals surface area contributed by atoms with Gasteiger partial charge in [-0.3, -0.25) is 0 Å². The fourth-order valence-electron chi connectivity index (χ4n) is 8.39. The van der Waals surface area contributed by atoms with Crippen LogP contribution in [0.1, 0.15) is 25.0 Å². The van der Waals surface area contributed by atoms with Crippen molar-refractivity contribution < 1.29 is 0 Å².